The van der Waals surface area contributed by atoms with Crippen LogP contribution < -0.4 is 5.32 Å². The van der Waals surface area contributed by atoms with E-state index < -0.39 is 0 Å². The molecule has 0 amide bonds. The Morgan fingerprint density at radius 2 is 1.38 bits per heavy atom. The smallest absolute Gasteiger partial charge is 0.0402 e. The first-order valence-corrected chi connectivity index (χ1v) is 7.68. The quantitative estimate of drug-likeness (QED) is 0.781. The first-order valence-electron chi connectivity index (χ1n) is 7.68. The van der Waals surface area contributed by atoms with Gasteiger partial charge < -0.3 is 5.32 Å². The van der Waals surface area contributed by atoms with Gasteiger partial charge in [-0.1, -0.05) is 62.7 Å². The van der Waals surface area contributed by atoms with Crippen molar-refractivity contribution in [3.05, 3.63) is 64.2 Å². The van der Waals surface area contributed by atoms with Gasteiger partial charge in [0, 0.05) is 12.2 Å². The number of rotatable bonds is 3. The van der Waals surface area contributed by atoms with E-state index in [0.717, 1.165) is 6.54 Å². The molecule has 0 fully saturated rings. The first-order chi connectivity index (χ1) is 9.77. The molecule has 0 spiro atoms. The zero-order chi connectivity index (χ0) is 15.6. The zero-order valence-electron chi connectivity index (χ0n) is 14.2. The van der Waals surface area contributed by atoms with E-state index >= 15 is 0 Å². The van der Waals surface area contributed by atoms with Crippen LogP contribution in [0.3, 0.4) is 0 Å². The summed E-state index contributed by atoms with van der Waals surface area (Å²) in [6.07, 6.45) is 0. The minimum atomic E-state index is 0.218. The van der Waals surface area contributed by atoms with Crippen LogP contribution in [0, 0.1) is 20.8 Å². The molecule has 1 nitrogen and oxygen atoms in total. The average molecular weight is 281 g/mol. The van der Waals surface area contributed by atoms with Crippen molar-refractivity contribution in [1.82, 2.24) is 0 Å². The van der Waals surface area contributed by atoms with Gasteiger partial charge in [0.15, 0.2) is 0 Å². The third kappa shape index (κ3) is 3.87. The first kappa shape index (κ1) is 15.6. The molecule has 1 N–H and O–H groups in total. The molecule has 0 aliphatic rings. The van der Waals surface area contributed by atoms with E-state index in [1.807, 2.05) is 0 Å². The summed E-state index contributed by atoms with van der Waals surface area (Å²) >= 11 is 0. The number of aryl methyl sites for hydroxylation is 3. The molecule has 0 bridgehead atoms. The number of anilines is 1. The highest BCUT2D eigenvalue weighted by Gasteiger charge is 2.12. The largest absolute Gasteiger partial charge is 0.381 e. The highest BCUT2D eigenvalue weighted by atomic mass is 14.9. The molecule has 0 saturated heterocycles. The van der Waals surface area contributed by atoms with Crippen molar-refractivity contribution >= 4 is 5.69 Å². The van der Waals surface area contributed by atoms with Crippen molar-refractivity contribution in [2.24, 2.45) is 0 Å². The molecule has 21 heavy (non-hydrogen) atoms. The lowest BCUT2D eigenvalue weighted by Crippen LogP contribution is -2.11. The van der Waals surface area contributed by atoms with Crippen molar-refractivity contribution in [2.45, 2.75) is 53.5 Å². The topological polar surface area (TPSA) is 12.0 Å². The Hall–Kier alpha value is -1.76. The van der Waals surface area contributed by atoms with Crippen LogP contribution in [0.4, 0.5) is 5.69 Å². The number of benzene rings is 2. The van der Waals surface area contributed by atoms with Crippen LogP contribution in [0.1, 0.15) is 48.6 Å². The second-order valence-electron chi connectivity index (χ2n) is 7.07. The molecule has 0 aromatic heterocycles. The van der Waals surface area contributed by atoms with E-state index in [1.54, 1.807) is 0 Å². The summed E-state index contributed by atoms with van der Waals surface area (Å²) in [7, 11) is 0. The molecule has 0 atom stereocenters. The van der Waals surface area contributed by atoms with Gasteiger partial charge in [-0.3, -0.25) is 0 Å². The van der Waals surface area contributed by atoms with Crippen molar-refractivity contribution < 1.29 is 0 Å². The molecule has 0 heterocycles. The second kappa shape index (κ2) is 5.93. The second-order valence-corrected chi connectivity index (χ2v) is 7.07. The van der Waals surface area contributed by atoms with Crippen molar-refractivity contribution in [2.75, 3.05) is 5.32 Å². The van der Waals surface area contributed by atoms with Crippen LogP contribution in [0.2, 0.25) is 0 Å². The third-order valence-corrected chi connectivity index (χ3v) is 3.97. The monoisotopic (exact) mass is 281 g/mol. The van der Waals surface area contributed by atoms with Gasteiger partial charge in [0.25, 0.3) is 0 Å². The molecule has 112 valence electrons. The van der Waals surface area contributed by atoms with E-state index in [1.165, 1.54) is 33.5 Å². The summed E-state index contributed by atoms with van der Waals surface area (Å²) < 4.78 is 0. The molecule has 0 unspecified atom stereocenters. The third-order valence-electron chi connectivity index (χ3n) is 3.97. The zero-order valence-corrected chi connectivity index (χ0v) is 14.2. The van der Waals surface area contributed by atoms with Crippen LogP contribution >= 0.6 is 0 Å². The fourth-order valence-corrected chi connectivity index (χ4v) is 2.77. The summed E-state index contributed by atoms with van der Waals surface area (Å²) in [5.74, 6) is 0. The molecular weight excluding hydrogens is 254 g/mol. The van der Waals surface area contributed by atoms with E-state index in [4.69, 9.17) is 0 Å². The van der Waals surface area contributed by atoms with Gasteiger partial charge in [0.2, 0.25) is 0 Å². The van der Waals surface area contributed by atoms with Gasteiger partial charge in [0.1, 0.15) is 0 Å². The molecule has 0 saturated carbocycles. The number of hydrogen-bond donors (Lipinski definition) is 1. The molecule has 2 aromatic carbocycles. The highest BCUT2D eigenvalue weighted by molar-refractivity contribution is 5.58. The Morgan fingerprint density at radius 1 is 0.857 bits per heavy atom. The number of nitrogens with one attached hydrogen (secondary N) is 1. The van der Waals surface area contributed by atoms with E-state index in [9.17, 15) is 0 Å². The predicted octanol–water partition coefficient (Wildman–Crippen LogP) is 5.52. The minimum absolute atomic E-state index is 0.218. The highest BCUT2D eigenvalue weighted by Crippen LogP contribution is 2.24. The van der Waals surface area contributed by atoms with Gasteiger partial charge in [0.05, 0.1) is 0 Å². The Bertz CT molecular complexity index is 592. The molecule has 2 aromatic rings. The molecular formula is C20H27N. The van der Waals surface area contributed by atoms with E-state index in [0.29, 0.717) is 0 Å². The van der Waals surface area contributed by atoms with Gasteiger partial charge in [-0.05, 0) is 48.4 Å². The van der Waals surface area contributed by atoms with Gasteiger partial charge in [-0.15, -0.1) is 0 Å². The van der Waals surface area contributed by atoms with Gasteiger partial charge in [-0.2, -0.15) is 0 Å². The fraction of sp³-hybridized carbons (Fsp3) is 0.400. The molecule has 0 aliphatic carbocycles. The van der Waals surface area contributed by atoms with E-state index in [-0.39, 0.29) is 5.41 Å². The lowest BCUT2D eigenvalue weighted by molar-refractivity contribution is 0.590. The summed E-state index contributed by atoms with van der Waals surface area (Å²) in [5.41, 5.74) is 8.15. The maximum Gasteiger partial charge on any atom is 0.0402 e. The Labute approximate surface area is 129 Å². The SMILES string of the molecule is Cc1cc(C)c(NCc2ccc(C(C)(C)C)cc2)c(C)c1. The minimum Gasteiger partial charge on any atom is -0.381 e. The molecule has 0 aliphatic heterocycles. The lowest BCUT2D eigenvalue weighted by Gasteiger charge is -2.19. The summed E-state index contributed by atoms with van der Waals surface area (Å²) in [4.78, 5) is 0. The Balaban J connectivity index is 2.10. The van der Waals surface area contributed by atoms with Crippen LogP contribution in [-0.4, -0.2) is 0 Å². The lowest BCUT2D eigenvalue weighted by atomic mass is 9.87. The summed E-state index contributed by atoms with van der Waals surface area (Å²) in [5, 5.41) is 3.58. The maximum atomic E-state index is 3.58. The van der Waals surface area contributed by atoms with Crippen LogP contribution in [0.5, 0.6) is 0 Å². The Kier molecular flexibility index (Phi) is 4.41. The Morgan fingerprint density at radius 3 is 1.86 bits per heavy atom. The van der Waals surface area contributed by atoms with E-state index in [2.05, 4.69) is 83.3 Å². The van der Waals surface area contributed by atoms with Crippen LogP contribution in [0.25, 0.3) is 0 Å². The van der Waals surface area contributed by atoms with Crippen molar-refractivity contribution in [3.63, 3.8) is 0 Å². The molecule has 2 rings (SSSR count). The number of hydrogen-bond acceptors (Lipinski definition) is 1. The van der Waals surface area contributed by atoms with Gasteiger partial charge in [-0.25, -0.2) is 0 Å². The van der Waals surface area contributed by atoms with Crippen LogP contribution in [0.15, 0.2) is 36.4 Å². The average Bonchev–Trinajstić information content (AvgIpc) is 2.37. The normalized spacial score (nSPS) is 11.5. The predicted molar refractivity (Wildman–Crippen MR) is 93.1 cm³/mol. The summed E-state index contributed by atoms with van der Waals surface area (Å²) in [6, 6.07) is 13.4. The van der Waals surface area contributed by atoms with Crippen molar-refractivity contribution in [1.29, 1.82) is 0 Å². The maximum absolute atomic E-state index is 3.58. The van der Waals surface area contributed by atoms with Crippen LogP contribution in [-0.2, 0) is 12.0 Å². The standard InChI is InChI=1S/C20H27N/c1-14-11-15(2)19(16(3)12-14)21-13-17-7-9-18(10-8-17)20(4,5)6/h7-12,21H,13H2,1-6H3. The molecule has 0 radical (unpaired) electrons. The molecule has 1 heteroatoms. The van der Waals surface area contributed by atoms with Gasteiger partial charge >= 0.3 is 0 Å². The van der Waals surface area contributed by atoms with Crippen molar-refractivity contribution in [3.8, 4) is 0 Å². The fourth-order valence-electron chi connectivity index (χ4n) is 2.77. The summed E-state index contributed by atoms with van der Waals surface area (Å²) in [6.45, 7) is 14.1.